The SMILES string of the molecule is Cc1cc(CNC(=O)N2CCCC(O)(C(F)(F)F)CC2)ccn1. The number of urea groups is 1. The van der Waals surface area contributed by atoms with Crippen LogP contribution < -0.4 is 5.32 Å². The van der Waals surface area contributed by atoms with Gasteiger partial charge in [0.25, 0.3) is 0 Å². The van der Waals surface area contributed by atoms with Crippen LogP contribution in [0.4, 0.5) is 18.0 Å². The minimum Gasteiger partial charge on any atom is -0.380 e. The number of pyridine rings is 1. The van der Waals surface area contributed by atoms with Crippen LogP contribution in [0.25, 0.3) is 0 Å². The Morgan fingerprint density at radius 2 is 2.17 bits per heavy atom. The van der Waals surface area contributed by atoms with Crippen molar-refractivity contribution in [2.45, 2.75) is 44.5 Å². The highest BCUT2D eigenvalue weighted by Crippen LogP contribution is 2.38. The van der Waals surface area contributed by atoms with Crippen molar-refractivity contribution in [3.63, 3.8) is 0 Å². The Hall–Kier alpha value is -1.83. The van der Waals surface area contributed by atoms with E-state index in [9.17, 15) is 23.1 Å². The van der Waals surface area contributed by atoms with Crippen LogP contribution in [-0.2, 0) is 6.54 Å². The fourth-order valence-electron chi connectivity index (χ4n) is 2.61. The molecule has 1 fully saturated rings. The number of hydrogen-bond acceptors (Lipinski definition) is 3. The van der Waals surface area contributed by atoms with Gasteiger partial charge in [0.1, 0.15) is 0 Å². The van der Waals surface area contributed by atoms with E-state index in [4.69, 9.17) is 0 Å². The highest BCUT2D eigenvalue weighted by Gasteiger charge is 2.53. The third kappa shape index (κ3) is 4.34. The standard InChI is InChI=1S/C15H20F3N3O2/c1-11-9-12(3-6-19-11)10-20-13(22)21-7-2-4-14(23,5-8-21)15(16,17)18/h3,6,9,23H,2,4-5,7-8,10H2,1H3,(H,20,22). The molecule has 0 bridgehead atoms. The first kappa shape index (κ1) is 17.5. The second-order valence-corrected chi connectivity index (χ2v) is 5.83. The Balaban J connectivity index is 1.91. The topological polar surface area (TPSA) is 65.5 Å². The predicted molar refractivity (Wildman–Crippen MR) is 77.6 cm³/mol. The van der Waals surface area contributed by atoms with Crippen molar-refractivity contribution in [1.82, 2.24) is 15.2 Å². The molecule has 2 amide bonds. The molecule has 2 N–H and O–H groups in total. The number of nitrogens with zero attached hydrogens (tertiary/aromatic N) is 2. The highest BCUT2D eigenvalue weighted by molar-refractivity contribution is 5.74. The van der Waals surface area contributed by atoms with Crippen LogP contribution in [0.15, 0.2) is 18.3 Å². The van der Waals surface area contributed by atoms with Crippen LogP contribution in [-0.4, -0.2) is 45.9 Å². The first-order valence-electron chi connectivity index (χ1n) is 7.45. The largest absolute Gasteiger partial charge is 0.417 e. The van der Waals surface area contributed by atoms with E-state index in [2.05, 4.69) is 10.3 Å². The molecule has 8 heteroatoms. The van der Waals surface area contributed by atoms with Gasteiger partial charge in [-0.3, -0.25) is 4.98 Å². The van der Waals surface area contributed by atoms with Crippen molar-refractivity contribution in [1.29, 1.82) is 0 Å². The van der Waals surface area contributed by atoms with Gasteiger partial charge in [-0.15, -0.1) is 0 Å². The molecule has 1 aliphatic heterocycles. The number of hydrogen-bond donors (Lipinski definition) is 2. The van der Waals surface area contributed by atoms with Gasteiger partial charge >= 0.3 is 12.2 Å². The molecule has 2 rings (SSSR count). The summed E-state index contributed by atoms with van der Waals surface area (Å²) in [6.45, 7) is 2.18. The van der Waals surface area contributed by atoms with Crippen LogP contribution in [0.2, 0.25) is 0 Å². The molecule has 1 saturated heterocycles. The molecule has 23 heavy (non-hydrogen) atoms. The Kier molecular flexibility index (Phi) is 5.13. The third-order valence-corrected chi connectivity index (χ3v) is 4.03. The Morgan fingerprint density at radius 3 is 2.83 bits per heavy atom. The predicted octanol–water partition coefficient (Wildman–Crippen LogP) is 2.38. The summed E-state index contributed by atoms with van der Waals surface area (Å²) in [5.74, 6) is 0. The molecule has 1 aromatic rings. The average molecular weight is 331 g/mol. The second-order valence-electron chi connectivity index (χ2n) is 5.83. The van der Waals surface area contributed by atoms with Gasteiger partial charge in [0.05, 0.1) is 0 Å². The average Bonchev–Trinajstić information content (AvgIpc) is 2.67. The molecule has 2 heterocycles. The summed E-state index contributed by atoms with van der Waals surface area (Å²) >= 11 is 0. The van der Waals surface area contributed by atoms with Gasteiger partial charge in [-0.2, -0.15) is 13.2 Å². The fourth-order valence-corrected chi connectivity index (χ4v) is 2.61. The molecule has 5 nitrogen and oxygen atoms in total. The molecule has 1 atom stereocenters. The van der Waals surface area contributed by atoms with E-state index < -0.39 is 24.2 Å². The first-order chi connectivity index (χ1) is 10.7. The Bertz CT molecular complexity index is 565. The zero-order valence-corrected chi connectivity index (χ0v) is 12.9. The monoisotopic (exact) mass is 331 g/mol. The number of rotatable bonds is 2. The normalized spacial score (nSPS) is 22.6. The van der Waals surface area contributed by atoms with Gasteiger partial charge in [0.2, 0.25) is 0 Å². The lowest BCUT2D eigenvalue weighted by molar-refractivity contribution is -0.263. The van der Waals surface area contributed by atoms with Gasteiger partial charge in [-0.25, -0.2) is 4.79 Å². The zero-order chi connectivity index (χ0) is 17.1. The molecule has 1 unspecified atom stereocenters. The van der Waals surface area contributed by atoms with E-state index in [0.717, 1.165) is 11.3 Å². The summed E-state index contributed by atoms with van der Waals surface area (Å²) in [6.07, 6.45) is -3.82. The van der Waals surface area contributed by atoms with E-state index in [1.165, 1.54) is 4.90 Å². The summed E-state index contributed by atoms with van der Waals surface area (Å²) in [5.41, 5.74) is -1.02. The second kappa shape index (κ2) is 6.74. The lowest BCUT2D eigenvalue weighted by Gasteiger charge is -2.29. The van der Waals surface area contributed by atoms with E-state index in [-0.39, 0.29) is 32.5 Å². The van der Waals surface area contributed by atoms with Gasteiger partial charge in [-0.05, 0) is 37.5 Å². The van der Waals surface area contributed by atoms with E-state index in [1.807, 2.05) is 13.0 Å². The molecule has 0 radical (unpaired) electrons. The van der Waals surface area contributed by atoms with Gasteiger partial charge in [0.15, 0.2) is 5.60 Å². The van der Waals surface area contributed by atoms with Crippen molar-refractivity contribution in [3.05, 3.63) is 29.6 Å². The Morgan fingerprint density at radius 1 is 1.43 bits per heavy atom. The number of aromatic nitrogens is 1. The molecular weight excluding hydrogens is 311 g/mol. The van der Waals surface area contributed by atoms with E-state index in [1.54, 1.807) is 12.3 Å². The number of halogens is 3. The van der Waals surface area contributed by atoms with Gasteiger partial charge in [-0.1, -0.05) is 0 Å². The summed E-state index contributed by atoms with van der Waals surface area (Å²) in [4.78, 5) is 17.5. The van der Waals surface area contributed by atoms with Crippen LogP contribution in [0.1, 0.15) is 30.5 Å². The number of nitrogens with one attached hydrogen (secondary N) is 1. The number of aliphatic hydroxyl groups is 1. The maximum atomic E-state index is 12.9. The van der Waals surface area contributed by atoms with Crippen molar-refractivity contribution in [3.8, 4) is 0 Å². The number of likely N-dealkylation sites (tertiary alicyclic amines) is 1. The first-order valence-corrected chi connectivity index (χ1v) is 7.45. The van der Waals surface area contributed by atoms with E-state index in [0.29, 0.717) is 0 Å². The molecule has 0 aliphatic carbocycles. The smallest absolute Gasteiger partial charge is 0.380 e. The number of aryl methyl sites for hydroxylation is 1. The highest BCUT2D eigenvalue weighted by atomic mass is 19.4. The molecule has 0 spiro atoms. The van der Waals surface area contributed by atoms with Gasteiger partial charge in [0, 0.05) is 37.9 Å². The number of carbonyl (C=O) groups excluding carboxylic acids is 1. The minimum absolute atomic E-state index is 0.109. The zero-order valence-electron chi connectivity index (χ0n) is 12.9. The maximum Gasteiger partial charge on any atom is 0.417 e. The van der Waals surface area contributed by atoms with Crippen LogP contribution in [0, 0.1) is 6.92 Å². The lowest BCUT2D eigenvalue weighted by Crippen LogP contribution is -2.46. The molecule has 1 aliphatic rings. The van der Waals surface area contributed by atoms with Gasteiger partial charge < -0.3 is 15.3 Å². The van der Waals surface area contributed by atoms with Crippen molar-refractivity contribution in [2.75, 3.05) is 13.1 Å². The quantitative estimate of drug-likeness (QED) is 0.874. The third-order valence-electron chi connectivity index (χ3n) is 4.03. The van der Waals surface area contributed by atoms with Crippen LogP contribution in [0.5, 0.6) is 0 Å². The minimum atomic E-state index is -4.67. The van der Waals surface area contributed by atoms with E-state index >= 15 is 0 Å². The van der Waals surface area contributed by atoms with Crippen molar-refractivity contribution >= 4 is 6.03 Å². The number of carbonyl (C=O) groups is 1. The summed E-state index contributed by atoms with van der Waals surface area (Å²) < 4.78 is 38.6. The number of amides is 2. The molecule has 0 aromatic carbocycles. The molecular formula is C15H20F3N3O2. The summed E-state index contributed by atoms with van der Waals surface area (Å²) in [5, 5.41) is 12.4. The lowest BCUT2D eigenvalue weighted by atomic mass is 9.94. The fraction of sp³-hybridized carbons (Fsp3) is 0.600. The van der Waals surface area contributed by atoms with Crippen LogP contribution >= 0.6 is 0 Å². The molecule has 128 valence electrons. The summed E-state index contributed by atoms with van der Waals surface area (Å²) in [7, 11) is 0. The molecule has 1 aromatic heterocycles. The van der Waals surface area contributed by atoms with Crippen molar-refractivity contribution in [2.24, 2.45) is 0 Å². The van der Waals surface area contributed by atoms with Crippen molar-refractivity contribution < 1.29 is 23.1 Å². The molecule has 0 saturated carbocycles. The van der Waals surface area contributed by atoms with Crippen LogP contribution in [0.3, 0.4) is 0 Å². The Labute approximate surface area is 132 Å². The maximum absolute atomic E-state index is 12.9. The number of alkyl halides is 3. The summed E-state index contributed by atoms with van der Waals surface area (Å²) in [6, 6.07) is 3.16.